The van der Waals surface area contributed by atoms with Crippen molar-refractivity contribution in [1.82, 2.24) is 0 Å². The highest BCUT2D eigenvalue weighted by Gasteiger charge is 2.15. The number of rotatable bonds is 2. The first-order valence-corrected chi connectivity index (χ1v) is 6.39. The van der Waals surface area contributed by atoms with E-state index in [1.165, 1.54) is 0 Å². The van der Waals surface area contributed by atoms with E-state index in [1.54, 1.807) is 36.4 Å². The van der Waals surface area contributed by atoms with E-state index in [9.17, 15) is 4.79 Å². The van der Waals surface area contributed by atoms with Gasteiger partial charge in [-0.2, -0.15) is 0 Å². The third-order valence-electron chi connectivity index (χ3n) is 2.63. The van der Waals surface area contributed by atoms with E-state index in [-0.39, 0.29) is 10.8 Å². The van der Waals surface area contributed by atoms with Crippen molar-refractivity contribution in [3.8, 4) is 0 Å². The Hall–Kier alpha value is -1.02. The van der Waals surface area contributed by atoms with Gasteiger partial charge in [-0.05, 0) is 30.7 Å². The van der Waals surface area contributed by atoms with Crippen molar-refractivity contribution in [2.24, 2.45) is 0 Å². The third-order valence-corrected chi connectivity index (χ3v) is 3.86. The van der Waals surface area contributed by atoms with Gasteiger partial charge >= 0.3 is 0 Å². The van der Waals surface area contributed by atoms with Crippen molar-refractivity contribution < 1.29 is 4.79 Å². The molecule has 0 saturated heterocycles. The van der Waals surface area contributed by atoms with E-state index in [4.69, 9.17) is 34.8 Å². The Labute approximate surface area is 120 Å². The summed E-state index contributed by atoms with van der Waals surface area (Å²) in [7, 11) is 0. The average Bonchev–Trinajstić information content (AvgIpc) is 2.35. The zero-order chi connectivity index (χ0) is 13.3. The van der Waals surface area contributed by atoms with Gasteiger partial charge in [-0.1, -0.05) is 53.0 Å². The van der Waals surface area contributed by atoms with E-state index in [0.717, 1.165) is 5.56 Å². The summed E-state index contributed by atoms with van der Waals surface area (Å²) < 4.78 is 0. The van der Waals surface area contributed by atoms with Gasteiger partial charge in [0.05, 0.1) is 10.0 Å². The molecular weight excluding hydrogens is 291 g/mol. The van der Waals surface area contributed by atoms with Gasteiger partial charge in [0.1, 0.15) is 0 Å². The molecule has 0 aliphatic rings. The predicted molar refractivity (Wildman–Crippen MR) is 76.1 cm³/mol. The molecule has 2 aromatic rings. The van der Waals surface area contributed by atoms with Gasteiger partial charge in [0, 0.05) is 16.1 Å². The SMILES string of the molecule is Cc1ccc(C(=O)c2cccc(Cl)c2Cl)cc1Cl. The monoisotopic (exact) mass is 298 g/mol. The maximum atomic E-state index is 12.3. The van der Waals surface area contributed by atoms with Crippen LogP contribution < -0.4 is 0 Å². The number of halogens is 3. The molecule has 0 aromatic heterocycles. The summed E-state index contributed by atoms with van der Waals surface area (Å²) >= 11 is 17.9. The van der Waals surface area contributed by atoms with E-state index >= 15 is 0 Å². The summed E-state index contributed by atoms with van der Waals surface area (Å²) in [4.78, 5) is 12.3. The van der Waals surface area contributed by atoms with Crippen LogP contribution in [0.5, 0.6) is 0 Å². The lowest BCUT2D eigenvalue weighted by Gasteiger charge is -2.06. The van der Waals surface area contributed by atoms with Crippen molar-refractivity contribution in [1.29, 1.82) is 0 Å². The summed E-state index contributed by atoms with van der Waals surface area (Å²) in [5, 5.41) is 1.18. The van der Waals surface area contributed by atoms with Gasteiger partial charge in [-0.3, -0.25) is 4.79 Å². The fraction of sp³-hybridized carbons (Fsp3) is 0.0714. The maximum absolute atomic E-state index is 12.3. The zero-order valence-electron chi connectivity index (χ0n) is 9.51. The van der Waals surface area contributed by atoms with Crippen molar-refractivity contribution in [2.75, 3.05) is 0 Å². The minimum Gasteiger partial charge on any atom is -0.289 e. The highest BCUT2D eigenvalue weighted by Crippen LogP contribution is 2.28. The Balaban J connectivity index is 2.48. The van der Waals surface area contributed by atoms with Crippen LogP contribution >= 0.6 is 34.8 Å². The number of carbonyl (C=O) groups is 1. The molecular formula is C14H9Cl3O. The van der Waals surface area contributed by atoms with Crippen LogP contribution in [-0.4, -0.2) is 5.78 Å². The molecule has 2 rings (SSSR count). The molecule has 0 radical (unpaired) electrons. The standard InChI is InChI=1S/C14H9Cl3O/c1-8-5-6-9(7-12(8)16)14(18)10-3-2-4-11(15)13(10)17/h2-7H,1H3. The molecule has 0 atom stereocenters. The predicted octanol–water partition coefficient (Wildman–Crippen LogP) is 5.19. The Morgan fingerprint density at radius 3 is 2.39 bits per heavy atom. The van der Waals surface area contributed by atoms with Gasteiger partial charge in [0.2, 0.25) is 0 Å². The van der Waals surface area contributed by atoms with E-state index in [2.05, 4.69) is 0 Å². The summed E-state index contributed by atoms with van der Waals surface area (Å²) in [6, 6.07) is 10.1. The molecule has 0 N–H and O–H groups in total. The lowest BCUT2D eigenvalue weighted by atomic mass is 10.0. The minimum atomic E-state index is -0.190. The van der Waals surface area contributed by atoms with Crippen molar-refractivity contribution in [3.05, 3.63) is 68.2 Å². The van der Waals surface area contributed by atoms with Crippen molar-refractivity contribution >= 4 is 40.6 Å². The van der Waals surface area contributed by atoms with Crippen molar-refractivity contribution in [3.63, 3.8) is 0 Å². The first kappa shape index (κ1) is 13.4. The van der Waals surface area contributed by atoms with Crippen LogP contribution in [0.4, 0.5) is 0 Å². The molecule has 0 unspecified atom stereocenters. The Bertz CT molecular complexity index is 620. The summed E-state index contributed by atoms with van der Waals surface area (Å²) in [6.07, 6.45) is 0. The quantitative estimate of drug-likeness (QED) is 0.698. The molecule has 0 fully saturated rings. The summed E-state index contributed by atoms with van der Waals surface area (Å²) in [5.74, 6) is -0.190. The molecule has 4 heteroatoms. The van der Waals surface area contributed by atoms with Crippen LogP contribution in [0.25, 0.3) is 0 Å². The Kier molecular flexibility index (Phi) is 3.96. The lowest BCUT2D eigenvalue weighted by molar-refractivity contribution is 0.103. The molecule has 0 aliphatic heterocycles. The Morgan fingerprint density at radius 1 is 1.00 bits per heavy atom. The lowest BCUT2D eigenvalue weighted by Crippen LogP contribution is -2.02. The average molecular weight is 300 g/mol. The molecule has 92 valence electrons. The van der Waals surface area contributed by atoms with Crippen LogP contribution in [0.3, 0.4) is 0 Å². The minimum absolute atomic E-state index is 0.190. The molecule has 0 spiro atoms. The van der Waals surface area contributed by atoms with Crippen LogP contribution in [0.1, 0.15) is 21.5 Å². The highest BCUT2D eigenvalue weighted by molar-refractivity contribution is 6.44. The number of hydrogen-bond acceptors (Lipinski definition) is 1. The largest absolute Gasteiger partial charge is 0.289 e. The van der Waals surface area contributed by atoms with Gasteiger partial charge in [-0.15, -0.1) is 0 Å². The normalized spacial score (nSPS) is 10.4. The second-order valence-corrected chi connectivity index (χ2v) is 5.09. The van der Waals surface area contributed by atoms with Crippen LogP contribution in [0.15, 0.2) is 36.4 Å². The summed E-state index contributed by atoms with van der Waals surface area (Å²) in [6.45, 7) is 1.88. The van der Waals surface area contributed by atoms with Gasteiger partial charge in [0.25, 0.3) is 0 Å². The third kappa shape index (κ3) is 2.54. The molecule has 0 heterocycles. The number of aryl methyl sites for hydroxylation is 1. The fourth-order valence-corrected chi connectivity index (χ4v) is 2.14. The zero-order valence-corrected chi connectivity index (χ0v) is 11.8. The van der Waals surface area contributed by atoms with Gasteiger partial charge in [0.15, 0.2) is 5.78 Å². The van der Waals surface area contributed by atoms with E-state index in [0.29, 0.717) is 21.2 Å². The number of carbonyl (C=O) groups excluding carboxylic acids is 1. The van der Waals surface area contributed by atoms with Crippen LogP contribution in [-0.2, 0) is 0 Å². The van der Waals surface area contributed by atoms with Gasteiger partial charge in [-0.25, -0.2) is 0 Å². The van der Waals surface area contributed by atoms with Gasteiger partial charge < -0.3 is 0 Å². The second kappa shape index (κ2) is 5.31. The second-order valence-electron chi connectivity index (χ2n) is 3.89. The molecule has 0 amide bonds. The molecule has 0 bridgehead atoms. The molecule has 2 aromatic carbocycles. The number of hydrogen-bond donors (Lipinski definition) is 0. The topological polar surface area (TPSA) is 17.1 Å². The first-order chi connectivity index (χ1) is 8.50. The smallest absolute Gasteiger partial charge is 0.194 e. The van der Waals surface area contributed by atoms with Crippen LogP contribution in [0.2, 0.25) is 15.1 Å². The first-order valence-electron chi connectivity index (χ1n) is 5.25. The van der Waals surface area contributed by atoms with Crippen LogP contribution in [0, 0.1) is 6.92 Å². The summed E-state index contributed by atoms with van der Waals surface area (Å²) in [5.41, 5.74) is 1.80. The molecule has 0 saturated carbocycles. The number of ketones is 1. The molecule has 0 aliphatic carbocycles. The van der Waals surface area contributed by atoms with Crippen molar-refractivity contribution in [2.45, 2.75) is 6.92 Å². The fourth-order valence-electron chi connectivity index (χ4n) is 1.57. The molecule has 18 heavy (non-hydrogen) atoms. The number of benzene rings is 2. The molecule has 1 nitrogen and oxygen atoms in total. The van der Waals surface area contributed by atoms with E-state index < -0.39 is 0 Å². The highest BCUT2D eigenvalue weighted by atomic mass is 35.5. The Morgan fingerprint density at radius 2 is 1.72 bits per heavy atom. The van der Waals surface area contributed by atoms with E-state index in [1.807, 2.05) is 6.92 Å². The maximum Gasteiger partial charge on any atom is 0.194 e.